The van der Waals surface area contributed by atoms with Crippen molar-refractivity contribution in [2.75, 3.05) is 11.9 Å². The Hall–Kier alpha value is -1.88. The van der Waals surface area contributed by atoms with Gasteiger partial charge in [-0.3, -0.25) is 4.79 Å². The fourth-order valence-corrected chi connectivity index (χ4v) is 2.01. The van der Waals surface area contributed by atoms with Gasteiger partial charge in [0.25, 0.3) is 0 Å². The number of carbonyl (C=O) groups is 1. The lowest BCUT2D eigenvalue weighted by atomic mass is 10.3. The molecule has 1 heterocycles. The number of carbonyl (C=O) groups excluding carboxylic acids is 1. The van der Waals surface area contributed by atoms with Gasteiger partial charge in [-0.1, -0.05) is 22.0 Å². The van der Waals surface area contributed by atoms with E-state index in [1.165, 1.54) is 0 Å². The molecule has 1 N–H and O–H groups in total. The Balaban J connectivity index is 1.78. The molecule has 0 radical (unpaired) electrons. The normalized spacial score (nSPS) is 10.1. The second-order valence-electron chi connectivity index (χ2n) is 4.32. The lowest BCUT2D eigenvalue weighted by Crippen LogP contribution is -2.16. The average molecular weight is 335 g/mol. The summed E-state index contributed by atoms with van der Waals surface area (Å²) in [5.41, 5.74) is 1.06. The van der Waals surface area contributed by atoms with E-state index < -0.39 is 0 Å². The van der Waals surface area contributed by atoms with E-state index in [1.54, 1.807) is 6.20 Å². The zero-order chi connectivity index (χ0) is 14.4. The second-order valence-corrected chi connectivity index (χ2v) is 5.24. The summed E-state index contributed by atoms with van der Waals surface area (Å²) < 4.78 is 6.46. The molecule has 0 aliphatic carbocycles. The van der Waals surface area contributed by atoms with Crippen LogP contribution in [0.5, 0.6) is 5.75 Å². The van der Waals surface area contributed by atoms with Crippen molar-refractivity contribution >= 4 is 27.7 Å². The summed E-state index contributed by atoms with van der Waals surface area (Å²) in [4.78, 5) is 15.8. The van der Waals surface area contributed by atoms with Crippen molar-refractivity contribution in [3.8, 4) is 5.75 Å². The molecule has 2 rings (SSSR count). The second kappa shape index (κ2) is 7.05. The summed E-state index contributed by atoms with van der Waals surface area (Å²) in [7, 11) is 0. The lowest BCUT2D eigenvalue weighted by Gasteiger charge is -2.07. The minimum atomic E-state index is -0.113. The van der Waals surface area contributed by atoms with Gasteiger partial charge in [-0.05, 0) is 42.8 Å². The summed E-state index contributed by atoms with van der Waals surface area (Å²) in [5, 5.41) is 2.74. The monoisotopic (exact) mass is 334 g/mol. The molecular weight excluding hydrogens is 320 g/mol. The highest BCUT2D eigenvalue weighted by molar-refractivity contribution is 9.10. The third-order valence-electron chi connectivity index (χ3n) is 2.58. The third kappa shape index (κ3) is 4.66. The third-order valence-corrected chi connectivity index (χ3v) is 3.07. The molecule has 0 atom stereocenters. The Bertz CT molecular complexity index is 602. The quantitative estimate of drug-likeness (QED) is 0.909. The van der Waals surface area contributed by atoms with E-state index in [-0.39, 0.29) is 12.3 Å². The molecule has 0 fully saturated rings. The summed E-state index contributed by atoms with van der Waals surface area (Å²) in [6.07, 6.45) is 1.95. The summed E-state index contributed by atoms with van der Waals surface area (Å²) in [5.74, 6) is 1.19. The number of nitrogens with zero attached hydrogens (tertiary/aromatic N) is 1. The number of halogens is 1. The number of pyridine rings is 1. The van der Waals surface area contributed by atoms with Gasteiger partial charge in [-0.15, -0.1) is 0 Å². The van der Waals surface area contributed by atoms with Crippen molar-refractivity contribution in [1.29, 1.82) is 0 Å². The molecule has 5 heteroatoms. The molecule has 0 saturated heterocycles. The van der Waals surface area contributed by atoms with Crippen LogP contribution in [0.25, 0.3) is 0 Å². The molecule has 1 aromatic heterocycles. The molecule has 20 heavy (non-hydrogen) atoms. The topological polar surface area (TPSA) is 51.2 Å². The highest BCUT2D eigenvalue weighted by atomic mass is 79.9. The van der Waals surface area contributed by atoms with Gasteiger partial charge in [-0.25, -0.2) is 4.98 Å². The molecule has 0 spiro atoms. The van der Waals surface area contributed by atoms with Gasteiger partial charge in [0, 0.05) is 10.7 Å². The van der Waals surface area contributed by atoms with Crippen molar-refractivity contribution in [3.05, 3.63) is 52.6 Å². The first-order valence-electron chi connectivity index (χ1n) is 6.24. The number of rotatable bonds is 5. The van der Waals surface area contributed by atoms with Gasteiger partial charge in [0.1, 0.15) is 11.6 Å². The molecule has 1 amide bonds. The highest BCUT2D eigenvalue weighted by Gasteiger charge is 2.04. The number of hydrogen-bond acceptors (Lipinski definition) is 3. The summed E-state index contributed by atoms with van der Waals surface area (Å²) in [6, 6.07) is 11.2. The smallest absolute Gasteiger partial charge is 0.228 e. The minimum absolute atomic E-state index is 0.113. The first kappa shape index (κ1) is 14.5. The van der Waals surface area contributed by atoms with Crippen LogP contribution in [0.3, 0.4) is 0 Å². The minimum Gasteiger partial charge on any atom is -0.493 e. The van der Waals surface area contributed by atoms with Gasteiger partial charge in [0.15, 0.2) is 0 Å². The number of ether oxygens (including phenoxy) is 1. The van der Waals surface area contributed by atoms with Gasteiger partial charge in [-0.2, -0.15) is 0 Å². The predicted molar refractivity (Wildman–Crippen MR) is 81.9 cm³/mol. The van der Waals surface area contributed by atoms with Crippen molar-refractivity contribution in [3.63, 3.8) is 0 Å². The molecule has 1 aromatic carbocycles. The van der Waals surface area contributed by atoms with Crippen molar-refractivity contribution < 1.29 is 9.53 Å². The Labute approximate surface area is 126 Å². The molecular formula is C15H15BrN2O2. The molecule has 0 aliphatic heterocycles. The highest BCUT2D eigenvalue weighted by Crippen LogP contribution is 2.17. The van der Waals surface area contributed by atoms with E-state index in [1.807, 2.05) is 43.3 Å². The van der Waals surface area contributed by atoms with Gasteiger partial charge >= 0.3 is 0 Å². The van der Waals surface area contributed by atoms with Crippen molar-refractivity contribution in [2.45, 2.75) is 13.3 Å². The van der Waals surface area contributed by atoms with Crippen LogP contribution in [-0.4, -0.2) is 17.5 Å². The Morgan fingerprint density at radius 1 is 1.35 bits per heavy atom. The van der Waals surface area contributed by atoms with Crippen molar-refractivity contribution in [1.82, 2.24) is 4.98 Å². The van der Waals surface area contributed by atoms with Crippen LogP contribution >= 0.6 is 15.9 Å². The number of aromatic nitrogens is 1. The van der Waals surface area contributed by atoms with Gasteiger partial charge < -0.3 is 10.1 Å². The van der Waals surface area contributed by atoms with Crippen LogP contribution < -0.4 is 10.1 Å². The zero-order valence-corrected chi connectivity index (χ0v) is 12.7. The van der Waals surface area contributed by atoms with Gasteiger partial charge in [0.05, 0.1) is 13.0 Å². The standard InChI is InChI=1S/C15H15BrN2O2/c1-11-5-7-17-14(9-11)18-15(19)6-8-20-13-4-2-3-12(16)10-13/h2-5,7,9-10H,6,8H2,1H3,(H,17,18,19). The van der Waals surface area contributed by atoms with E-state index in [2.05, 4.69) is 26.2 Å². The molecule has 0 aliphatic rings. The van der Waals surface area contributed by atoms with Crippen LogP contribution in [0, 0.1) is 6.92 Å². The Morgan fingerprint density at radius 2 is 2.20 bits per heavy atom. The van der Waals surface area contributed by atoms with Gasteiger partial charge in [0.2, 0.25) is 5.91 Å². The van der Waals surface area contributed by atoms with E-state index in [0.717, 1.165) is 15.8 Å². The Kier molecular flexibility index (Phi) is 5.12. The summed E-state index contributed by atoms with van der Waals surface area (Å²) in [6.45, 7) is 2.28. The SMILES string of the molecule is Cc1ccnc(NC(=O)CCOc2cccc(Br)c2)c1. The summed E-state index contributed by atoms with van der Waals surface area (Å²) >= 11 is 3.37. The number of aryl methyl sites for hydroxylation is 1. The molecule has 0 bridgehead atoms. The molecule has 104 valence electrons. The molecule has 0 unspecified atom stereocenters. The van der Waals surface area contributed by atoms with Crippen molar-refractivity contribution in [2.24, 2.45) is 0 Å². The largest absolute Gasteiger partial charge is 0.493 e. The maximum atomic E-state index is 11.7. The first-order valence-corrected chi connectivity index (χ1v) is 7.03. The zero-order valence-electron chi connectivity index (χ0n) is 11.1. The Morgan fingerprint density at radius 3 is 2.95 bits per heavy atom. The molecule has 2 aromatic rings. The number of nitrogens with one attached hydrogen (secondary N) is 1. The number of anilines is 1. The van der Waals surface area contributed by atoms with E-state index in [9.17, 15) is 4.79 Å². The lowest BCUT2D eigenvalue weighted by molar-refractivity contribution is -0.116. The fraction of sp³-hybridized carbons (Fsp3) is 0.200. The van der Waals surface area contributed by atoms with Crippen LogP contribution in [-0.2, 0) is 4.79 Å². The van der Waals surface area contributed by atoms with E-state index in [4.69, 9.17) is 4.74 Å². The molecule has 0 saturated carbocycles. The van der Waals surface area contributed by atoms with Crippen LogP contribution in [0.15, 0.2) is 47.1 Å². The van der Waals surface area contributed by atoms with E-state index >= 15 is 0 Å². The predicted octanol–water partition coefficient (Wildman–Crippen LogP) is 3.56. The number of amides is 1. The number of hydrogen-bond donors (Lipinski definition) is 1. The maximum Gasteiger partial charge on any atom is 0.228 e. The average Bonchev–Trinajstić information content (AvgIpc) is 2.38. The van der Waals surface area contributed by atoms with Crippen LogP contribution in [0.4, 0.5) is 5.82 Å². The maximum absolute atomic E-state index is 11.7. The fourth-order valence-electron chi connectivity index (χ4n) is 1.63. The van der Waals surface area contributed by atoms with Crippen LogP contribution in [0.1, 0.15) is 12.0 Å². The van der Waals surface area contributed by atoms with Crippen LogP contribution in [0.2, 0.25) is 0 Å². The van der Waals surface area contributed by atoms with E-state index in [0.29, 0.717) is 12.4 Å². The first-order chi connectivity index (χ1) is 9.63. The molecule has 4 nitrogen and oxygen atoms in total. The number of benzene rings is 1.